The average Bonchev–Trinajstić information content (AvgIpc) is 3.32. The summed E-state index contributed by atoms with van der Waals surface area (Å²) >= 11 is 0. The highest BCUT2D eigenvalue weighted by Crippen LogP contribution is 2.41. The maximum Gasteiger partial charge on any atom is 0.325 e. The van der Waals surface area contributed by atoms with Gasteiger partial charge in [0.25, 0.3) is 5.91 Å². The van der Waals surface area contributed by atoms with Crippen molar-refractivity contribution in [3.8, 4) is 5.75 Å². The second-order valence-corrected chi connectivity index (χ2v) is 8.27. The zero-order chi connectivity index (χ0) is 22.8. The van der Waals surface area contributed by atoms with Crippen molar-refractivity contribution >= 4 is 28.7 Å². The highest BCUT2D eigenvalue weighted by atomic mass is 16.5. The first kappa shape index (κ1) is 20.9. The first-order valence-electron chi connectivity index (χ1n) is 11.0. The second-order valence-electron chi connectivity index (χ2n) is 8.27. The number of para-hydroxylation sites is 1. The fraction of sp³-hybridized carbons (Fsp3) is 0.280. The maximum absolute atomic E-state index is 13.1. The second kappa shape index (κ2) is 8.54. The van der Waals surface area contributed by atoms with E-state index < -0.39 is 11.6 Å². The molecule has 1 aliphatic carbocycles. The van der Waals surface area contributed by atoms with Gasteiger partial charge < -0.3 is 15.4 Å². The van der Waals surface area contributed by atoms with E-state index in [4.69, 9.17) is 4.74 Å². The van der Waals surface area contributed by atoms with Crippen LogP contribution in [0, 0.1) is 0 Å². The van der Waals surface area contributed by atoms with E-state index in [0.29, 0.717) is 38.2 Å². The van der Waals surface area contributed by atoms with Gasteiger partial charge in [-0.2, -0.15) is 0 Å². The van der Waals surface area contributed by atoms with Gasteiger partial charge in [0.2, 0.25) is 5.91 Å². The number of benzene rings is 2. The van der Waals surface area contributed by atoms with Gasteiger partial charge >= 0.3 is 6.03 Å². The number of aromatic nitrogens is 1. The Hall–Kier alpha value is -3.94. The van der Waals surface area contributed by atoms with E-state index in [9.17, 15) is 14.4 Å². The van der Waals surface area contributed by atoms with Crippen LogP contribution in [-0.4, -0.2) is 47.4 Å². The van der Waals surface area contributed by atoms with Crippen LogP contribution < -0.4 is 15.4 Å². The maximum atomic E-state index is 13.1. The van der Waals surface area contributed by atoms with E-state index >= 15 is 0 Å². The number of carbonyl (C=O) groups excluding carboxylic acids is 3. The molecule has 5 rings (SSSR count). The number of hydrogen-bond acceptors (Lipinski definition) is 5. The van der Waals surface area contributed by atoms with Crippen LogP contribution in [0.1, 0.15) is 24.0 Å². The third-order valence-corrected chi connectivity index (χ3v) is 6.22. The van der Waals surface area contributed by atoms with E-state index in [0.717, 1.165) is 26.9 Å². The number of carbonyl (C=O) groups is 3. The SMILES string of the molecule is O=C(CN1C(=O)NC2(CCc3ccccc32)C1=O)NCCCOc1cccc2cccnc12. The van der Waals surface area contributed by atoms with Crippen LogP contribution >= 0.6 is 0 Å². The van der Waals surface area contributed by atoms with Gasteiger partial charge in [-0.1, -0.05) is 42.5 Å². The molecule has 0 saturated carbocycles. The molecule has 1 atom stereocenters. The molecule has 2 aliphatic rings. The van der Waals surface area contributed by atoms with E-state index in [-0.39, 0.29) is 18.4 Å². The molecule has 168 valence electrons. The number of urea groups is 1. The predicted octanol–water partition coefficient (Wildman–Crippen LogP) is 2.51. The Kier molecular flexibility index (Phi) is 5.42. The lowest BCUT2D eigenvalue weighted by molar-refractivity contribution is -0.135. The van der Waals surface area contributed by atoms with Crippen LogP contribution in [0.4, 0.5) is 4.79 Å². The molecule has 8 nitrogen and oxygen atoms in total. The number of hydrogen-bond donors (Lipinski definition) is 2. The Labute approximate surface area is 190 Å². The minimum Gasteiger partial charge on any atom is -0.491 e. The van der Waals surface area contributed by atoms with Crippen molar-refractivity contribution in [1.29, 1.82) is 0 Å². The first-order chi connectivity index (χ1) is 16.1. The van der Waals surface area contributed by atoms with Gasteiger partial charge in [-0.3, -0.25) is 19.5 Å². The molecule has 2 N–H and O–H groups in total. The smallest absolute Gasteiger partial charge is 0.325 e. The molecule has 1 aromatic heterocycles. The third kappa shape index (κ3) is 3.77. The van der Waals surface area contributed by atoms with Gasteiger partial charge in [0.15, 0.2) is 0 Å². The molecule has 0 radical (unpaired) electrons. The fourth-order valence-corrected chi connectivity index (χ4v) is 4.61. The summed E-state index contributed by atoms with van der Waals surface area (Å²) in [5.74, 6) is -0.0473. The summed E-state index contributed by atoms with van der Waals surface area (Å²) in [6, 6.07) is 16.7. The summed E-state index contributed by atoms with van der Waals surface area (Å²) in [7, 11) is 0. The number of nitrogens with one attached hydrogen (secondary N) is 2. The molecule has 2 aromatic carbocycles. The van der Waals surface area contributed by atoms with Crippen LogP contribution in [0.3, 0.4) is 0 Å². The number of imide groups is 1. The van der Waals surface area contributed by atoms with Crippen LogP contribution in [-0.2, 0) is 21.5 Å². The van der Waals surface area contributed by atoms with Gasteiger partial charge in [0.1, 0.15) is 23.3 Å². The summed E-state index contributed by atoms with van der Waals surface area (Å²) in [6.07, 6.45) is 3.52. The van der Waals surface area contributed by atoms with Gasteiger partial charge in [0, 0.05) is 18.1 Å². The Morgan fingerprint density at radius 2 is 1.97 bits per heavy atom. The van der Waals surface area contributed by atoms with Crippen LogP contribution in [0.25, 0.3) is 10.9 Å². The van der Waals surface area contributed by atoms with Gasteiger partial charge in [-0.05, 0) is 42.5 Å². The summed E-state index contributed by atoms with van der Waals surface area (Å²) in [5, 5.41) is 6.59. The molecule has 1 aliphatic heterocycles. The summed E-state index contributed by atoms with van der Waals surface area (Å²) < 4.78 is 5.82. The van der Waals surface area contributed by atoms with Crippen LogP contribution in [0.15, 0.2) is 60.8 Å². The number of nitrogens with zero attached hydrogens (tertiary/aromatic N) is 2. The zero-order valence-electron chi connectivity index (χ0n) is 18.0. The van der Waals surface area contributed by atoms with Crippen molar-refractivity contribution in [3.63, 3.8) is 0 Å². The summed E-state index contributed by atoms with van der Waals surface area (Å²) in [5.41, 5.74) is 1.63. The van der Waals surface area contributed by atoms with E-state index in [1.54, 1.807) is 6.20 Å². The molecule has 4 amide bonds. The molecule has 1 unspecified atom stereocenters. The topological polar surface area (TPSA) is 101 Å². The monoisotopic (exact) mass is 444 g/mol. The average molecular weight is 444 g/mol. The van der Waals surface area contributed by atoms with Crippen molar-refractivity contribution in [3.05, 3.63) is 71.9 Å². The zero-order valence-corrected chi connectivity index (χ0v) is 18.0. The lowest BCUT2D eigenvalue weighted by atomic mass is 9.92. The quantitative estimate of drug-likeness (QED) is 0.431. The molecule has 3 aromatic rings. The van der Waals surface area contributed by atoms with E-state index in [2.05, 4.69) is 15.6 Å². The summed E-state index contributed by atoms with van der Waals surface area (Å²) in [6.45, 7) is 0.469. The molecular weight excluding hydrogens is 420 g/mol. The molecule has 1 fully saturated rings. The highest BCUT2D eigenvalue weighted by Gasteiger charge is 2.55. The van der Waals surface area contributed by atoms with Crippen molar-refractivity contribution in [1.82, 2.24) is 20.5 Å². The molecular formula is C25H24N4O4. The Morgan fingerprint density at radius 3 is 2.88 bits per heavy atom. The first-order valence-corrected chi connectivity index (χ1v) is 11.0. The molecule has 0 bridgehead atoms. The van der Waals surface area contributed by atoms with Crippen LogP contribution in [0.5, 0.6) is 5.75 Å². The fourth-order valence-electron chi connectivity index (χ4n) is 4.61. The number of pyridine rings is 1. The largest absolute Gasteiger partial charge is 0.491 e. The van der Waals surface area contributed by atoms with Crippen molar-refractivity contribution in [2.24, 2.45) is 0 Å². The summed E-state index contributed by atoms with van der Waals surface area (Å²) in [4.78, 5) is 43.4. The van der Waals surface area contributed by atoms with Gasteiger partial charge in [-0.15, -0.1) is 0 Å². The standard InChI is InChI=1S/C25H24N4O4/c30-21(26-14-5-15-33-20-10-3-7-18-8-4-13-27-22(18)20)16-29-23(31)25(28-24(29)32)12-11-17-6-1-2-9-19(17)25/h1-4,6-10,13H,5,11-12,14-16H2,(H,26,30)(H,28,32). The van der Waals surface area contributed by atoms with Crippen LogP contribution in [0.2, 0.25) is 0 Å². The predicted molar refractivity (Wildman–Crippen MR) is 122 cm³/mol. The minimum absolute atomic E-state index is 0.303. The Bertz CT molecular complexity index is 1240. The highest BCUT2D eigenvalue weighted by molar-refractivity contribution is 6.09. The van der Waals surface area contributed by atoms with Gasteiger partial charge in [-0.25, -0.2) is 4.79 Å². The lowest BCUT2D eigenvalue weighted by Crippen LogP contribution is -2.44. The molecule has 8 heteroatoms. The molecule has 2 heterocycles. The van der Waals surface area contributed by atoms with E-state index in [1.807, 2.05) is 54.6 Å². The van der Waals surface area contributed by atoms with Crippen molar-refractivity contribution in [2.45, 2.75) is 24.8 Å². The number of ether oxygens (including phenoxy) is 1. The normalized spacial score (nSPS) is 19.1. The van der Waals surface area contributed by atoms with Crippen molar-refractivity contribution in [2.75, 3.05) is 19.7 Å². The third-order valence-electron chi connectivity index (χ3n) is 6.22. The lowest BCUT2D eigenvalue weighted by Gasteiger charge is -2.22. The number of rotatable bonds is 7. The minimum atomic E-state index is -1.05. The molecule has 33 heavy (non-hydrogen) atoms. The Morgan fingerprint density at radius 1 is 1.12 bits per heavy atom. The molecule has 1 spiro atoms. The number of aryl methyl sites for hydroxylation is 1. The molecule has 1 saturated heterocycles. The van der Waals surface area contributed by atoms with E-state index in [1.165, 1.54) is 0 Å². The van der Waals surface area contributed by atoms with Crippen molar-refractivity contribution < 1.29 is 19.1 Å². The van der Waals surface area contributed by atoms with Gasteiger partial charge in [0.05, 0.1) is 6.61 Å². The number of amides is 4. The number of fused-ring (bicyclic) bond motifs is 3. The Balaban J connectivity index is 1.12.